The number of nitrogens with one attached hydrogen (secondary N) is 1. The number of amides is 1. The zero-order chi connectivity index (χ0) is 11.1. The third-order valence-electron chi connectivity index (χ3n) is 2.93. The van der Waals surface area contributed by atoms with Crippen molar-refractivity contribution in [2.75, 3.05) is 6.54 Å². The van der Waals surface area contributed by atoms with Gasteiger partial charge in [-0.3, -0.25) is 9.89 Å². The molecule has 1 aromatic rings. The van der Waals surface area contributed by atoms with Gasteiger partial charge in [0.1, 0.15) is 5.82 Å². The van der Waals surface area contributed by atoms with Crippen LogP contribution in [0.1, 0.15) is 43.1 Å². The molecular formula is C10H16N4O. The Hall–Kier alpha value is -1.39. The van der Waals surface area contributed by atoms with Gasteiger partial charge in [-0.15, -0.1) is 5.10 Å². The molecule has 0 aromatic carbocycles. The molecular weight excluding hydrogens is 192 g/mol. The summed E-state index contributed by atoms with van der Waals surface area (Å²) in [6.07, 6.45) is 2.10. The van der Waals surface area contributed by atoms with Crippen LogP contribution in [0, 0.1) is 6.92 Å². The van der Waals surface area contributed by atoms with Gasteiger partial charge in [-0.25, -0.2) is 4.98 Å². The number of aryl methyl sites for hydroxylation is 1. The summed E-state index contributed by atoms with van der Waals surface area (Å²) in [5, 5.41) is 6.59. The molecule has 1 aromatic heterocycles. The van der Waals surface area contributed by atoms with E-state index in [4.69, 9.17) is 0 Å². The number of H-pyrrole nitrogens is 1. The number of aromatic amines is 1. The maximum Gasteiger partial charge on any atom is 0.293 e. The van der Waals surface area contributed by atoms with Crippen LogP contribution in [0.3, 0.4) is 0 Å². The zero-order valence-electron chi connectivity index (χ0n) is 9.37. The third-order valence-corrected chi connectivity index (χ3v) is 2.93. The van der Waals surface area contributed by atoms with Crippen molar-refractivity contribution in [2.24, 2.45) is 0 Å². The van der Waals surface area contributed by atoms with Gasteiger partial charge in [-0.1, -0.05) is 0 Å². The van der Waals surface area contributed by atoms with Crippen molar-refractivity contribution in [2.45, 2.75) is 39.2 Å². The van der Waals surface area contributed by atoms with E-state index in [0.29, 0.717) is 5.82 Å². The largest absolute Gasteiger partial charge is 0.331 e. The highest BCUT2D eigenvalue weighted by Crippen LogP contribution is 2.28. The van der Waals surface area contributed by atoms with Crippen LogP contribution < -0.4 is 0 Å². The quantitative estimate of drug-likeness (QED) is 0.752. The first kappa shape index (κ1) is 10.1. The van der Waals surface area contributed by atoms with Crippen molar-refractivity contribution in [1.29, 1.82) is 0 Å². The van der Waals surface area contributed by atoms with Crippen molar-refractivity contribution in [3.63, 3.8) is 0 Å². The molecule has 0 bridgehead atoms. The van der Waals surface area contributed by atoms with Gasteiger partial charge in [0.15, 0.2) is 0 Å². The van der Waals surface area contributed by atoms with Crippen molar-refractivity contribution in [3.05, 3.63) is 11.6 Å². The molecule has 1 aliphatic rings. The molecule has 0 radical (unpaired) electrons. The van der Waals surface area contributed by atoms with Crippen LogP contribution in [-0.4, -0.2) is 38.1 Å². The lowest BCUT2D eigenvalue weighted by Gasteiger charge is -2.30. The third kappa shape index (κ3) is 1.73. The maximum atomic E-state index is 12.1. The first-order valence-electron chi connectivity index (χ1n) is 5.22. The topological polar surface area (TPSA) is 61.9 Å². The summed E-state index contributed by atoms with van der Waals surface area (Å²) in [6, 6.07) is 0. The van der Waals surface area contributed by atoms with Crippen molar-refractivity contribution in [3.8, 4) is 0 Å². The number of carbonyl (C=O) groups is 1. The smallest absolute Gasteiger partial charge is 0.293 e. The van der Waals surface area contributed by atoms with Crippen molar-refractivity contribution >= 4 is 5.91 Å². The van der Waals surface area contributed by atoms with E-state index in [9.17, 15) is 4.79 Å². The highest BCUT2D eigenvalue weighted by Gasteiger charge is 2.37. The summed E-state index contributed by atoms with van der Waals surface area (Å²) in [7, 11) is 0. The van der Waals surface area contributed by atoms with Crippen molar-refractivity contribution in [1.82, 2.24) is 20.1 Å². The summed E-state index contributed by atoms with van der Waals surface area (Å²) in [4.78, 5) is 18.0. The minimum Gasteiger partial charge on any atom is -0.331 e. The van der Waals surface area contributed by atoms with Crippen molar-refractivity contribution < 1.29 is 4.79 Å². The van der Waals surface area contributed by atoms with E-state index in [1.165, 1.54) is 0 Å². The number of hydrogen-bond donors (Lipinski definition) is 1. The zero-order valence-corrected chi connectivity index (χ0v) is 9.37. The average molecular weight is 208 g/mol. The minimum absolute atomic E-state index is 0.0639. The van der Waals surface area contributed by atoms with Gasteiger partial charge in [0.25, 0.3) is 5.91 Å². The summed E-state index contributed by atoms with van der Waals surface area (Å²) in [5.74, 6) is 0.889. The number of nitrogens with zero attached hydrogens (tertiary/aromatic N) is 3. The molecule has 0 spiro atoms. The SMILES string of the molecule is Cc1nc(C(=O)N2CCCC2(C)C)n[nH]1. The Bertz CT molecular complexity index is 383. The molecule has 2 heterocycles. The molecule has 0 aliphatic carbocycles. The number of aromatic nitrogens is 3. The second-order valence-electron chi connectivity index (χ2n) is 4.62. The van der Waals surface area contributed by atoms with Gasteiger partial charge < -0.3 is 4.90 Å². The van der Waals surface area contributed by atoms with Crippen LogP contribution in [0.2, 0.25) is 0 Å². The maximum absolute atomic E-state index is 12.1. The van der Waals surface area contributed by atoms with Gasteiger partial charge in [0.05, 0.1) is 0 Å². The molecule has 82 valence electrons. The van der Waals surface area contributed by atoms with E-state index in [-0.39, 0.29) is 17.3 Å². The van der Waals surface area contributed by atoms with Gasteiger partial charge in [-0.2, -0.15) is 0 Å². The summed E-state index contributed by atoms with van der Waals surface area (Å²) < 4.78 is 0. The Morgan fingerprint density at radius 2 is 2.27 bits per heavy atom. The number of hydrogen-bond acceptors (Lipinski definition) is 3. The highest BCUT2D eigenvalue weighted by atomic mass is 16.2. The van der Waals surface area contributed by atoms with E-state index in [1.54, 1.807) is 6.92 Å². The van der Waals surface area contributed by atoms with E-state index in [2.05, 4.69) is 29.0 Å². The van der Waals surface area contributed by atoms with Gasteiger partial charge >= 0.3 is 0 Å². The molecule has 0 atom stereocenters. The normalized spacial score (nSPS) is 19.5. The molecule has 0 saturated carbocycles. The molecule has 0 unspecified atom stereocenters. The molecule has 1 saturated heterocycles. The molecule has 1 N–H and O–H groups in total. The first-order chi connectivity index (χ1) is 7.00. The molecule has 1 fully saturated rings. The Labute approximate surface area is 88.9 Å². The van der Waals surface area contributed by atoms with E-state index in [0.717, 1.165) is 19.4 Å². The molecule has 5 nitrogen and oxygen atoms in total. The number of carbonyl (C=O) groups excluding carboxylic acids is 1. The minimum atomic E-state index is -0.0677. The summed E-state index contributed by atoms with van der Waals surface area (Å²) in [6.45, 7) is 6.76. The molecule has 1 amide bonds. The summed E-state index contributed by atoms with van der Waals surface area (Å²) >= 11 is 0. The fourth-order valence-corrected chi connectivity index (χ4v) is 2.04. The predicted octanol–water partition coefficient (Wildman–Crippen LogP) is 1.13. The fourth-order valence-electron chi connectivity index (χ4n) is 2.04. The highest BCUT2D eigenvalue weighted by molar-refractivity contribution is 5.91. The first-order valence-corrected chi connectivity index (χ1v) is 5.22. The van der Waals surface area contributed by atoms with Crippen LogP contribution in [-0.2, 0) is 0 Å². The lowest BCUT2D eigenvalue weighted by molar-refractivity contribution is 0.0639. The Kier molecular flexibility index (Phi) is 2.25. The van der Waals surface area contributed by atoms with Gasteiger partial charge in [0.2, 0.25) is 5.82 Å². The average Bonchev–Trinajstić information content (AvgIpc) is 2.70. The van der Waals surface area contributed by atoms with Crippen LogP contribution in [0.5, 0.6) is 0 Å². The van der Waals surface area contributed by atoms with Crippen LogP contribution in [0.25, 0.3) is 0 Å². The fraction of sp³-hybridized carbons (Fsp3) is 0.700. The lowest BCUT2D eigenvalue weighted by Crippen LogP contribution is -2.43. The number of rotatable bonds is 1. The second kappa shape index (κ2) is 3.32. The van der Waals surface area contributed by atoms with Crippen LogP contribution in [0.4, 0.5) is 0 Å². The van der Waals surface area contributed by atoms with Gasteiger partial charge in [-0.05, 0) is 33.6 Å². The van der Waals surface area contributed by atoms with Crippen LogP contribution in [0.15, 0.2) is 0 Å². The summed E-state index contributed by atoms with van der Waals surface area (Å²) in [5.41, 5.74) is -0.0639. The van der Waals surface area contributed by atoms with Crippen LogP contribution >= 0.6 is 0 Å². The Balaban J connectivity index is 2.21. The Morgan fingerprint density at radius 1 is 1.53 bits per heavy atom. The van der Waals surface area contributed by atoms with E-state index < -0.39 is 0 Å². The van der Waals surface area contributed by atoms with Gasteiger partial charge in [0, 0.05) is 12.1 Å². The number of likely N-dealkylation sites (tertiary alicyclic amines) is 1. The predicted molar refractivity (Wildman–Crippen MR) is 55.5 cm³/mol. The molecule has 1 aliphatic heterocycles. The van der Waals surface area contributed by atoms with E-state index in [1.807, 2.05) is 4.90 Å². The van der Waals surface area contributed by atoms with E-state index >= 15 is 0 Å². The standard InChI is InChI=1S/C10H16N4O/c1-7-11-8(13-12-7)9(15)14-6-4-5-10(14,2)3/h4-6H2,1-3H3,(H,11,12,13). The lowest BCUT2D eigenvalue weighted by atomic mass is 10.0. The molecule has 5 heteroatoms. The molecule has 2 rings (SSSR count). The Morgan fingerprint density at radius 3 is 2.73 bits per heavy atom. The molecule has 15 heavy (non-hydrogen) atoms. The monoisotopic (exact) mass is 208 g/mol. The second-order valence-corrected chi connectivity index (χ2v) is 4.62.